The summed E-state index contributed by atoms with van der Waals surface area (Å²) in [5, 5.41) is 23.7. The van der Waals surface area contributed by atoms with Crippen molar-refractivity contribution in [1.82, 2.24) is 24.2 Å². The molecule has 0 radical (unpaired) electrons. The normalized spacial score (nSPS) is 26.8. The summed E-state index contributed by atoms with van der Waals surface area (Å²) in [5.74, 6) is 0.710. The number of ether oxygens (including phenoxy) is 3. The summed E-state index contributed by atoms with van der Waals surface area (Å²) < 4.78 is 45.3. The lowest BCUT2D eigenvalue weighted by molar-refractivity contribution is -0.0580. The lowest BCUT2D eigenvalue weighted by Gasteiger charge is -2.21. The smallest absolute Gasteiger partial charge is 0.212 e. The highest BCUT2D eigenvalue weighted by Crippen LogP contribution is 2.32. The minimum Gasteiger partial charge on any atom is -0.387 e. The number of anilines is 1. The highest BCUT2D eigenvalue weighted by Gasteiger charge is 2.44. The fraction of sp³-hybridized carbons (Fsp3) is 0.737. The van der Waals surface area contributed by atoms with Gasteiger partial charge < -0.3 is 29.7 Å². The zero-order chi connectivity index (χ0) is 23.6. The van der Waals surface area contributed by atoms with E-state index in [1.807, 2.05) is 0 Å². The highest BCUT2D eigenvalue weighted by molar-refractivity contribution is 7.89. The largest absolute Gasteiger partial charge is 0.387 e. The molecule has 2 saturated heterocycles. The van der Waals surface area contributed by atoms with Gasteiger partial charge in [0.05, 0.1) is 25.2 Å². The molecule has 0 saturated carbocycles. The van der Waals surface area contributed by atoms with Crippen LogP contribution in [-0.4, -0.2) is 96.2 Å². The maximum absolute atomic E-state index is 12.6. The molecule has 2 aromatic rings. The second kappa shape index (κ2) is 10.1. The number of nitrogens with zero attached hydrogens (tertiary/aromatic N) is 4. The van der Waals surface area contributed by atoms with Crippen LogP contribution in [0.1, 0.15) is 24.9 Å². The van der Waals surface area contributed by atoms with Crippen LogP contribution in [0.25, 0.3) is 11.2 Å². The summed E-state index contributed by atoms with van der Waals surface area (Å²) in [6.45, 7) is 1.15. The summed E-state index contributed by atoms with van der Waals surface area (Å²) in [7, 11) is -0.392. The lowest BCUT2D eigenvalue weighted by Crippen LogP contribution is -2.33. The first-order valence-corrected chi connectivity index (χ1v) is 12.4. The Morgan fingerprint density at radius 1 is 1.24 bits per heavy atom. The van der Waals surface area contributed by atoms with E-state index in [1.165, 1.54) is 18.0 Å². The minimum atomic E-state index is -3.53. The summed E-state index contributed by atoms with van der Waals surface area (Å²) >= 11 is 0. The summed E-state index contributed by atoms with van der Waals surface area (Å²) in [5.41, 5.74) is 0.758. The van der Waals surface area contributed by atoms with Gasteiger partial charge in [0.1, 0.15) is 24.1 Å². The highest BCUT2D eigenvalue weighted by atomic mass is 32.2. The van der Waals surface area contributed by atoms with Crippen molar-refractivity contribution < 1.29 is 32.8 Å². The molecule has 4 heterocycles. The van der Waals surface area contributed by atoms with E-state index in [-0.39, 0.29) is 30.6 Å². The van der Waals surface area contributed by atoms with E-state index >= 15 is 0 Å². The van der Waals surface area contributed by atoms with E-state index in [1.54, 1.807) is 7.05 Å². The van der Waals surface area contributed by atoms with E-state index in [9.17, 15) is 18.6 Å². The molecule has 14 heteroatoms. The predicted molar refractivity (Wildman–Crippen MR) is 117 cm³/mol. The lowest BCUT2D eigenvalue weighted by atomic mass is 10.0. The van der Waals surface area contributed by atoms with Crippen molar-refractivity contribution in [3.8, 4) is 0 Å². The first-order valence-electron chi connectivity index (χ1n) is 10.8. The molecule has 2 aliphatic rings. The maximum Gasteiger partial charge on any atom is 0.212 e. The number of fused-ring (bicyclic) bond motifs is 1. The number of nitrogens with one attached hydrogen (secondary N) is 2. The van der Waals surface area contributed by atoms with Crippen LogP contribution in [0.15, 0.2) is 6.33 Å². The SMILES string of the molecule is CNc1nc(CNS(=O)(=O)CC2CCOCC2)nc2c1ncn2[C@@H]1O[C@H](COC)[C@@H](O)[C@H]1O. The molecule has 0 bridgehead atoms. The summed E-state index contributed by atoms with van der Waals surface area (Å²) in [4.78, 5) is 13.1. The molecule has 13 nitrogen and oxygen atoms in total. The first kappa shape index (κ1) is 24.2. The number of sulfonamides is 1. The Bertz CT molecular complexity index is 1060. The van der Waals surface area contributed by atoms with Crippen molar-refractivity contribution in [3.63, 3.8) is 0 Å². The molecule has 2 aromatic heterocycles. The van der Waals surface area contributed by atoms with Crippen molar-refractivity contribution in [2.75, 3.05) is 45.0 Å². The molecular weight excluding hydrogens is 456 g/mol. The van der Waals surface area contributed by atoms with Gasteiger partial charge in [-0.25, -0.2) is 28.1 Å². The van der Waals surface area contributed by atoms with Crippen LogP contribution in [0, 0.1) is 5.92 Å². The fourth-order valence-corrected chi connectivity index (χ4v) is 5.54. The molecule has 4 rings (SSSR count). The molecule has 0 amide bonds. The molecular formula is C19H30N6O7S. The molecule has 4 atom stereocenters. The van der Waals surface area contributed by atoms with Gasteiger partial charge in [-0.3, -0.25) is 4.57 Å². The first-order chi connectivity index (χ1) is 15.8. The van der Waals surface area contributed by atoms with Crippen LogP contribution in [0.5, 0.6) is 0 Å². The third kappa shape index (κ3) is 5.26. The van der Waals surface area contributed by atoms with E-state index < -0.39 is 34.6 Å². The van der Waals surface area contributed by atoms with Crippen LogP contribution in [0.2, 0.25) is 0 Å². The Kier molecular flexibility index (Phi) is 7.43. The fourth-order valence-electron chi connectivity index (χ4n) is 4.12. The quantitative estimate of drug-likeness (QED) is 0.342. The number of methoxy groups -OCH3 is 1. The van der Waals surface area contributed by atoms with Gasteiger partial charge in [-0.05, 0) is 18.8 Å². The number of hydrogen-bond acceptors (Lipinski definition) is 11. The zero-order valence-electron chi connectivity index (χ0n) is 18.5. The second-order valence-corrected chi connectivity index (χ2v) is 10.1. The maximum atomic E-state index is 12.6. The van der Waals surface area contributed by atoms with Gasteiger partial charge >= 0.3 is 0 Å². The van der Waals surface area contributed by atoms with Gasteiger partial charge in [-0.2, -0.15) is 0 Å². The molecule has 2 fully saturated rings. The van der Waals surface area contributed by atoms with Crippen molar-refractivity contribution >= 4 is 27.0 Å². The molecule has 0 spiro atoms. The molecule has 184 valence electrons. The van der Waals surface area contributed by atoms with Gasteiger partial charge in [0.15, 0.2) is 23.2 Å². The van der Waals surface area contributed by atoms with Crippen LogP contribution < -0.4 is 10.0 Å². The van der Waals surface area contributed by atoms with Crippen LogP contribution in [0.4, 0.5) is 5.82 Å². The Morgan fingerprint density at radius 3 is 2.70 bits per heavy atom. The summed E-state index contributed by atoms with van der Waals surface area (Å²) in [6.07, 6.45) is -1.16. The monoisotopic (exact) mass is 486 g/mol. The van der Waals surface area contributed by atoms with E-state index in [0.717, 1.165) is 0 Å². The van der Waals surface area contributed by atoms with Crippen LogP contribution in [-0.2, 0) is 30.8 Å². The average molecular weight is 487 g/mol. The third-order valence-corrected chi connectivity index (χ3v) is 7.39. The van der Waals surface area contributed by atoms with E-state index in [4.69, 9.17) is 14.2 Å². The number of aromatic nitrogens is 4. The molecule has 4 N–H and O–H groups in total. The van der Waals surface area contributed by atoms with E-state index in [2.05, 4.69) is 25.0 Å². The third-order valence-electron chi connectivity index (χ3n) is 5.89. The molecule has 0 unspecified atom stereocenters. The van der Waals surface area contributed by atoms with Crippen LogP contribution in [0.3, 0.4) is 0 Å². The Balaban J connectivity index is 1.55. The van der Waals surface area contributed by atoms with Crippen molar-refractivity contribution in [1.29, 1.82) is 0 Å². The van der Waals surface area contributed by atoms with Crippen molar-refractivity contribution in [2.24, 2.45) is 5.92 Å². The number of aliphatic hydroxyl groups excluding tert-OH is 2. The number of imidazole rings is 1. The van der Waals surface area contributed by atoms with E-state index in [0.29, 0.717) is 43.0 Å². The van der Waals surface area contributed by atoms with Gasteiger partial charge in [0.2, 0.25) is 10.0 Å². The van der Waals surface area contributed by atoms with Crippen LogP contribution >= 0.6 is 0 Å². The Hall–Kier alpha value is -1.94. The minimum absolute atomic E-state index is 0.0241. The number of rotatable bonds is 9. The zero-order valence-corrected chi connectivity index (χ0v) is 19.4. The Morgan fingerprint density at radius 2 is 2.00 bits per heavy atom. The van der Waals surface area contributed by atoms with Gasteiger partial charge in [0, 0.05) is 27.4 Å². The topological polar surface area (TPSA) is 170 Å². The average Bonchev–Trinajstić information content (AvgIpc) is 3.34. The molecule has 33 heavy (non-hydrogen) atoms. The molecule has 2 aliphatic heterocycles. The molecule has 0 aliphatic carbocycles. The van der Waals surface area contributed by atoms with Gasteiger partial charge in [-0.1, -0.05) is 0 Å². The summed E-state index contributed by atoms with van der Waals surface area (Å²) in [6, 6.07) is 0. The van der Waals surface area contributed by atoms with Crippen molar-refractivity contribution in [3.05, 3.63) is 12.2 Å². The second-order valence-electron chi connectivity index (χ2n) is 8.22. The van der Waals surface area contributed by atoms with Gasteiger partial charge in [-0.15, -0.1) is 0 Å². The standard InChI is InChI=1S/C19H30N6O7S/c1-20-17-14-18(25(10-21-14)19-16(27)15(26)12(32-19)8-30-2)24-13(23-17)7-22-33(28,29)9-11-3-5-31-6-4-11/h10-12,15-16,19,22,26-27H,3-9H2,1-2H3,(H,20,23,24)/t12-,15-,16-,19-/m1/s1. The number of aliphatic hydroxyl groups is 2. The van der Waals surface area contributed by atoms with Crippen molar-refractivity contribution in [2.45, 2.75) is 43.9 Å². The Labute approximate surface area is 191 Å². The molecule has 0 aromatic carbocycles. The predicted octanol–water partition coefficient (Wildman–Crippen LogP) is -1.02. The van der Waals surface area contributed by atoms with Gasteiger partial charge in [0.25, 0.3) is 0 Å². The number of hydrogen-bond donors (Lipinski definition) is 4.